The highest BCUT2D eigenvalue weighted by molar-refractivity contribution is 9.11. The zero-order chi connectivity index (χ0) is 21.7. The molecule has 0 spiro atoms. The minimum absolute atomic E-state index is 0.163. The first-order valence-electron chi connectivity index (χ1n) is 9.37. The van der Waals surface area contributed by atoms with E-state index in [0.29, 0.717) is 47.1 Å². The normalized spacial score (nSPS) is 19.8. The van der Waals surface area contributed by atoms with Crippen LogP contribution in [0.5, 0.6) is 0 Å². The topological polar surface area (TPSA) is 104 Å². The lowest BCUT2D eigenvalue weighted by Gasteiger charge is -2.37. The van der Waals surface area contributed by atoms with E-state index in [9.17, 15) is 14.7 Å². The molecule has 10 heteroatoms. The lowest BCUT2D eigenvalue weighted by atomic mass is 10.0. The van der Waals surface area contributed by atoms with Crippen LogP contribution < -0.4 is 10.2 Å². The summed E-state index contributed by atoms with van der Waals surface area (Å²) in [5.41, 5.74) is 1.95. The van der Waals surface area contributed by atoms with Gasteiger partial charge in [0.25, 0.3) is 5.91 Å². The molecule has 1 aliphatic rings. The number of amides is 1. The summed E-state index contributed by atoms with van der Waals surface area (Å²) in [6.45, 7) is 8.55. The van der Waals surface area contributed by atoms with E-state index in [1.807, 2.05) is 25.7 Å². The first-order chi connectivity index (χ1) is 13.7. The van der Waals surface area contributed by atoms with Gasteiger partial charge in [0.15, 0.2) is 5.13 Å². The average molecular weight is 487 g/mol. The molecule has 1 amide bonds. The van der Waals surface area contributed by atoms with Gasteiger partial charge in [-0.1, -0.05) is 18.3 Å². The highest BCUT2D eigenvalue weighted by atomic mass is 79.9. The quantitative estimate of drug-likeness (QED) is 0.452. The van der Waals surface area contributed by atoms with Gasteiger partial charge in [0.2, 0.25) is 0 Å². The molecular weight excluding hydrogens is 460 g/mol. The third-order valence-electron chi connectivity index (χ3n) is 4.67. The fraction of sp³-hybridized carbons (Fsp3) is 0.579. The number of rotatable bonds is 7. The number of piperidine rings is 1. The van der Waals surface area contributed by atoms with E-state index >= 15 is 0 Å². The van der Waals surface area contributed by atoms with Crippen LogP contribution in [0.4, 0.5) is 5.13 Å². The number of hydrogen-bond acceptors (Lipinski definition) is 7. The van der Waals surface area contributed by atoms with Gasteiger partial charge in [-0.25, -0.2) is 14.8 Å². The van der Waals surface area contributed by atoms with Crippen molar-refractivity contribution in [2.45, 2.75) is 52.7 Å². The summed E-state index contributed by atoms with van der Waals surface area (Å²) in [4.78, 5) is 35.0. The molecule has 0 saturated carbocycles. The van der Waals surface area contributed by atoms with Gasteiger partial charge in [0.1, 0.15) is 15.2 Å². The van der Waals surface area contributed by atoms with E-state index in [1.165, 1.54) is 11.3 Å². The first kappa shape index (κ1) is 23.5. The number of aryl methyl sites for hydroxylation is 1. The number of nitrogens with one attached hydrogen (secondary N) is 1. The van der Waals surface area contributed by atoms with Crippen LogP contribution in [-0.4, -0.2) is 60.0 Å². The average Bonchev–Trinajstić information content (AvgIpc) is 3.12. The van der Waals surface area contributed by atoms with Crippen LogP contribution in [0.2, 0.25) is 0 Å². The Labute approximate surface area is 183 Å². The van der Waals surface area contributed by atoms with Crippen molar-refractivity contribution in [3.05, 3.63) is 20.8 Å². The Kier molecular flexibility index (Phi) is 8.35. The fourth-order valence-electron chi connectivity index (χ4n) is 2.96. The molecule has 2 N–H and O–H groups in total. The molecule has 160 valence electrons. The Hall–Kier alpha value is -1.78. The van der Waals surface area contributed by atoms with Gasteiger partial charge in [-0.2, -0.15) is 0 Å². The second kappa shape index (κ2) is 10.3. The number of carbonyl (C=O) groups excluding carboxylic acids is 1. The molecule has 2 heterocycles. The molecule has 0 aromatic carbocycles. The predicted molar refractivity (Wildman–Crippen MR) is 118 cm³/mol. The molecule has 0 aliphatic carbocycles. The van der Waals surface area contributed by atoms with E-state index in [-0.39, 0.29) is 22.9 Å². The van der Waals surface area contributed by atoms with Crippen molar-refractivity contribution >= 4 is 50.0 Å². The third-order valence-corrected chi connectivity index (χ3v) is 6.79. The van der Waals surface area contributed by atoms with Gasteiger partial charge in [0, 0.05) is 20.2 Å². The molecule has 1 unspecified atom stereocenters. The molecule has 1 aromatic heterocycles. The number of aromatic carboxylic acids is 1. The van der Waals surface area contributed by atoms with Crippen LogP contribution in [0.25, 0.3) is 0 Å². The van der Waals surface area contributed by atoms with Crippen molar-refractivity contribution in [1.29, 1.82) is 0 Å². The summed E-state index contributed by atoms with van der Waals surface area (Å²) in [5.74, 6) is -1.19. The van der Waals surface area contributed by atoms with Crippen LogP contribution in [0.1, 0.15) is 49.5 Å². The number of carboxylic acids is 1. The number of ether oxygens (including phenoxy) is 1. The number of nitrogens with zero attached hydrogens (tertiary/aromatic N) is 3. The molecule has 1 aliphatic heterocycles. The maximum Gasteiger partial charge on any atom is 0.347 e. The van der Waals surface area contributed by atoms with E-state index in [0.717, 1.165) is 5.57 Å². The molecule has 1 aromatic rings. The monoisotopic (exact) mass is 486 g/mol. The Balaban J connectivity index is 2.09. The van der Waals surface area contributed by atoms with Crippen molar-refractivity contribution in [3.8, 4) is 0 Å². The highest BCUT2D eigenvalue weighted by Crippen LogP contribution is 2.29. The minimum atomic E-state index is -0.951. The molecule has 1 fully saturated rings. The Bertz CT molecular complexity index is 832. The Morgan fingerprint density at radius 1 is 1.41 bits per heavy atom. The highest BCUT2D eigenvalue weighted by Gasteiger charge is 2.33. The number of hydrogen-bond donors (Lipinski definition) is 2. The van der Waals surface area contributed by atoms with Crippen molar-refractivity contribution in [1.82, 2.24) is 10.3 Å². The lowest BCUT2D eigenvalue weighted by Crippen LogP contribution is -2.55. The van der Waals surface area contributed by atoms with Gasteiger partial charge in [-0.05, 0) is 55.1 Å². The molecule has 29 heavy (non-hydrogen) atoms. The van der Waals surface area contributed by atoms with E-state index in [2.05, 4.69) is 31.2 Å². The SMILES string of the molecule is CCc1nc(N2CCC(NC(=O)C(C)=NC(Br)=C(C)C)[C@@H](OC)C2)sc1C(=O)O. The molecule has 1 saturated heterocycles. The summed E-state index contributed by atoms with van der Waals surface area (Å²) >= 11 is 4.54. The molecule has 2 rings (SSSR count). The van der Waals surface area contributed by atoms with Gasteiger partial charge < -0.3 is 20.1 Å². The molecule has 0 radical (unpaired) electrons. The predicted octanol–water partition coefficient (Wildman–Crippen LogP) is 3.22. The number of aromatic nitrogens is 1. The number of methoxy groups -OCH3 is 1. The van der Waals surface area contributed by atoms with E-state index in [4.69, 9.17) is 4.74 Å². The van der Waals surface area contributed by atoms with Crippen LogP contribution in [0.15, 0.2) is 15.2 Å². The number of carbonyl (C=O) groups is 2. The van der Waals surface area contributed by atoms with Gasteiger partial charge in [-0.3, -0.25) is 4.79 Å². The molecule has 8 nitrogen and oxygen atoms in total. The van der Waals surface area contributed by atoms with Crippen molar-refractivity contribution in [2.75, 3.05) is 25.1 Å². The zero-order valence-electron chi connectivity index (χ0n) is 17.3. The van der Waals surface area contributed by atoms with Crippen molar-refractivity contribution in [2.24, 2.45) is 4.99 Å². The van der Waals surface area contributed by atoms with Crippen LogP contribution in [-0.2, 0) is 16.0 Å². The fourth-order valence-corrected chi connectivity index (χ4v) is 4.25. The van der Waals surface area contributed by atoms with Gasteiger partial charge in [0.05, 0.1) is 17.8 Å². The van der Waals surface area contributed by atoms with Crippen molar-refractivity contribution in [3.63, 3.8) is 0 Å². The summed E-state index contributed by atoms with van der Waals surface area (Å²) in [5, 5.41) is 13.0. The summed E-state index contributed by atoms with van der Waals surface area (Å²) < 4.78 is 6.26. The molecule has 0 bridgehead atoms. The van der Waals surface area contributed by atoms with E-state index < -0.39 is 5.97 Å². The lowest BCUT2D eigenvalue weighted by molar-refractivity contribution is -0.116. The maximum absolute atomic E-state index is 12.5. The van der Waals surface area contributed by atoms with Gasteiger partial charge >= 0.3 is 5.97 Å². The number of allylic oxidation sites excluding steroid dienone is 1. The Morgan fingerprint density at radius 3 is 2.62 bits per heavy atom. The number of anilines is 1. The maximum atomic E-state index is 12.5. The second-order valence-electron chi connectivity index (χ2n) is 7.01. The van der Waals surface area contributed by atoms with Crippen LogP contribution in [0.3, 0.4) is 0 Å². The van der Waals surface area contributed by atoms with Crippen LogP contribution in [0, 0.1) is 0 Å². The first-order valence-corrected chi connectivity index (χ1v) is 11.0. The summed E-state index contributed by atoms with van der Waals surface area (Å²) in [7, 11) is 1.61. The van der Waals surface area contributed by atoms with Gasteiger partial charge in [-0.15, -0.1) is 0 Å². The minimum Gasteiger partial charge on any atom is -0.477 e. The zero-order valence-corrected chi connectivity index (χ0v) is 19.7. The largest absolute Gasteiger partial charge is 0.477 e. The van der Waals surface area contributed by atoms with Crippen LogP contribution >= 0.6 is 27.3 Å². The molecular formula is C19H27BrN4O4S. The summed E-state index contributed by atoms with van der Waals surface area (Å²) in [6.07, 6.45) is 0.984. The van der Waals surface area contributed by atoms with E-state index in [1.54, 1.807) is 14.0 Å². The Morgan fingerprint density at radius 2 is 2.10 bits per heavy atom. The molecule has 2 atom stereocenters. The number of halogens is 1. The smallest absolute Gasteiger partial charge is 0.347 e. The second-order valence-corrected chi connectivity index (χ2v) is 8.74. The van der Waals surface area contributed by atoms with Crippen molar-refractivity contribution < 1.29 is 19.4 Å². The number of thiazole rings is 1. The third kappa shape index (κ3) is 5.86. The standard InChI is InChI=1S/C19H27BrN4O4S/c1-6-12-15(18(26)27)29-19(23-12)24-8-7-13(14(9-24)28-5)22-17(25)11(4)21-16(20)10(2)3/h13-14H,6-9H2,1-5H3,(H,22,25)(H,26,27)/t13?,14-/m0/s1. The summed E-state index contributed by atoms with van der Waals surface area (Å²) in [6, 6.07) is -0.163. The number of aliphatic imine (C=N–C) groups is 1. The number of carboxylic acid groups (broad SMARTS) is 1.